The average molecular weight is 201 g/mol. The molecule has 0 aromatic rings. The maximum absolute atomic E-state index is 8.44. The Labute approximate surface area is 86.8 Å². The fourth-order valence-electron chi connectivity index (χ4n) is 1.10. The zero-order chi connectivity index (χ0) is 11.2. The first-order valence-electron chi connectivity index (χ1n) is 5.08. The molecule has 0 fully saturated rings. The Bertz CT molecular complexity index is 184. The van der Waals surface area contributed by atoms with Gasteiger partial charge < -0.3 is 10.9 Å². The lowest BCUT2D eigenvalue weighted by Gasteiger charge is -2.25. The van der Waals surface area contributed by atoms with Gasteiger partial charge >= 0.3 is 0 Å². The molecule has 0 aromatic heterocycles. The minimum Gasteiger partial charge on any atom is -0.409 e. The minimum atomic E-state index is 0.278. The molecule has 0 atom stereocenters. The van der Waals surface area contributed by atoms with Crippen molar-refractivity contribution < 1.29 is 5.21 Å². The van der Waals surface area contributed by atoms with Crippen LogP contribution in [0, 0.1) is 5.41 Å². The molecule has 14 heavy (non-hydrogen) atoms. The van der Waals surface area contributed by atoms with Gasteiger partial charge in [-0.05, 0) is 24.9 Å². The number of rotatable bonds is 5. The van der Waals surface area contributed by atoms with Crippen molar-refractivity contribution in [2.75, 3.05) is 19.6 Å². The molecule has 0 unspecified atom stereocenters. The summed E-state index contributed by atoms with van der Waals surface area (Å²) in [6.45, 7) is 11.2. The average Bonchev–Trinajstić information content (AvgIpc) is 2.10. The van der Waals surface area contributed by atoms with Crippen LogP contribution in [0.15, 0.2) is 5.16 Å². The maximum Gasteiger partial charge on any atom is 0.153 e. The second-order valence-electron chi connectivity index (χ2n) is 4.77. The predicted octanol–water partition coefficient (Wildman–Crippen LogP) is 1.49. The van der Waals surface area contributed by atoms with E-state index in [2.05, 4.69) is 37.8 Å². The molecule has 0 aliphatic rings. The minimum absolute atomic E-state index is 0.278. The summed E-state index contributed by atoms with van der Waals surface area (Å²) in [5, 5.41) is 11.4. The fourth-order valence-corrected chi connectivity index (χ4v) is 1.10. The van der Waals surface area contributed by atoms with Crippen LogP contribution >= 0.6 is 0 Å². The Morgan fingerprint density at radius 3 is 2.36 bits per heavy atom. The highest BCUT2D eigenvalue weighted by molar-refractivity contribution is 5.81. The highest BCUT2D eigenvalue weighted by Crippen LogP contribution is 2.18. The van der Waals surface area contributed by atoms with Gasteiger partial charge in [-0.1, -0.05) is 32.9 Å². The van der Waals surface area contributed by atoms with Crippen LogP contribution in [0.4, 0.5) is 0 Å². The van der Waals surface area contributed by atoms with Gasteiger partial charge in [0, 0.05) is 0 Å². The van der Waals surface area contributed by atoms with Gasteiger partial charge in [-0.2, -0.15) is 0 Å². The van der Waals surface area contributed by atoms with Gasteiger partial charge in [-0.15, -0.1) is 0 Å². The van der Waals surface area contributed by atoms with E-state index in [0.717, 1.165) is 19.5 Å². The largest absolute Gasteiger partial charge is 0.409 e. The van der Waals surface area contributed by atoms with Crippen molar-refractivity contribution in [2.45, 2.75) is 34.1 Å². The van der Waals surface area contributed by atoms with Crippen LogP contribution in [-0.2, 0) is 0 Å². The van der Waals surface area contributed by atoms with Crippen molar-refractivity contribution in [1.29, 1.82) is 0 Å². The van der Waals surface area contributed by atoms with Crippen LogP contribution in [-0.4, -0.2) is 35.6 Å². The highest BCUT2D eigenvalue weighted by Gasteiger charge is 2.13. The number of hydrogen-bond donors (Lipinski definition) is 2. The molecule has 0 radical (unpaired) electrons. The summed E-state index contributed by atoms with van der Waals surface area (Å²) < 4.78 is 0. The van der Waals surface area contributed by atoms with Crippen molar-refractivity contribution in [3.8, 4) is 0 Å². The molecule has 0 bridgehead atoms. The molecule has 84 valence electrons. The van der Waals surface area contributed by atoms with Crippen LogP contribution < -0.4 is 5.73 Å². The Hall–Kier alpha value is -0.770. The highest BCUT2D eigenvalue weighted by atomic mass is 16.4. The Balaban J connectivity index is 3.92. The first kappa shape index (κ1) is 13.2. The van der Waals surface area contributed by atoms with Gasteiger partial charge in [0.15, 0.2) is 5.84 Å². The number of likely N-dealkylation sites (N-methyl/N-ethyl adjacent to an activating group) is 1. The molecular formula is C10H23N3O. The predicted molar refractivity (Wildman–Crippen MR) is 59.6 cm³/mol. The Morgan fingerprint density at radius 2 is 2.00 bits per heavy atom. The first-order valence-corrected chi connectivity index (χ1v) is 5.08. The van der Waals surface area contributed by atoms with Crippen LogP contribution in [0.5, 0.6) is 0 Å². The summed E-state index contributed by atoms with van der Waals surface area (Å²) >= 11 is 0. The quantitative estimate of drug-likeness (QED) is 0.306. The second kappa shape index (κ2) is 5.86. The molecule has 4 nitrogen and oxygen atoms in total. The normalized spacial score (nSPS) is 13.6. The van der Waals surface area contributed by atoms with Gasteiger partial charge in [0.25, 0.3) is 0 Å². The lowest BCUT2D eigenvalue weighted by Crippen LogP contribution is -2.35. The van der Waals surface area contributed by atoms with Crippen molar-refractivity contribution in [2.24, 2.45) is 16.3 Å². The summed E-state index contributed by atoms with van der Waals surface area (Å²) in [5.41, 5.74) is 5.78. The molecule has 0 aromatic carbocycles. The van der Waals surface area contributed by atoms with Crippen LogP contribution in [0.2, 0.25) is 0 Å². The monoisotopic (exact) mass is 201 g/mol. The molecular weight excluding hydrogens is 178 g/mol. The Kier molecular flexibility index (Phi) is 5.53. The third kappa shape index (κ3) is 6.71. The van der Waals surface area contributed by atoms with E-state index in [1.165, 1.54) is 0 Å². The van der Waals surface area contributed by atoms with Crippen LogP contribution in [0.1, 0.15) is 34.1 Å². The maximum atomic E-state index is 8.44. The molecule has 0 amide bonds. The zero-order valence-corrected chi connectivity index (χ0v) is 9.75. The molecule has 0 rings (SSSR count). The van der Waals surface area contributed by atoms with E-state index in [4.69, 9.17) is 10.9 Å². The van der Waals surface area contributed by atoms with E-state index in [9.17, 15) is 0 Å². The molecule has 3 N–H and O–H groups in total. The molecule has 0 spiro atoms. The van der Waals surface area contributed by atoms with Gasteiger partial charge in [-0.25, -0.2) is 0 Å². The Morgan fingerprint density at radius 1 is 1.43 bits per heavy atom. The van der Waals surface area contributed by atoms with E-state index in [0.29, 0.717) is 12.0 Å². The van der Waals surface area contributed by atoms with E-state index in [-0.39, 0.29) is 5.84 Å². The van der Waals surface area contributed by atoms with E-state index >= 15 is 0 Å². The van der Waals surface area contributed by atoms with E-state index < -0.39 is 0 Å². The van der Waals surface area contributed by atoms with Gasteiger partial charge in [0.05, 0.1) is 6.54 Å². The van der Waals surface area contributed by atoms with Crippen molar-refractivity contribution in [3.05, 3.63) is 0 Å². The summed E-state index contributed by atoms with van der Waals surface area (Å²) in [5.74, 6) is 0.278. The van der Waals surface area contributed by atoms with E-state index in [1.54, 1.807) is 0 Å². The first-order chi connectivity index (χ1) is 6.39. The lowest BCUT2D eigenvalue weighted by atomic mass is 9.92. The summed E-state index contributed by atoms with van der Waals surface area (Å²) in [6, 6.07) is 0. The number of hydrogen-bond acceptors (Lipinski definition) is 3. The molecule has 0 heterocycles. The molecule has 0 aliphatic carbocycles. The summed E-state index contributed by atoms with van der Waals surface area (Å²) in [6.07, 6.45) is 1.11. The van der Waals surface area contributed by atoms with E-state index in [1.807, 2.05) is 0 Å². The van der Waals surface area contributed by atoms with Crippen LogP contribution in [0.3, 0.4) is 0 Å². The SMILES string of the molecule is CCN(CCC(C)(C)C)CC(N)=NO. The molecule has 4 heteroatoms. The standard InChI is InChI=1S/C10H23N3O/c1-5-13(8-9(11)12-14)7-6-10(2,3)4/h14H,5-8H2,1-4H3,(H2,11,12). The number of nitrogens with two attached hydrogens (primary N) is 1. The van der Waals surface area contributed by atoms with Gasteiger partial charge in [-0.3, -0.25) is 4.90 Å². The van der Waals surface area contributed by atoms with Gasteiger partial charge in [0.2, 0.25) is 0 Å². The second-order valence-corrected chi connectivity index (χ2v) is 4.77. The number of amidine groups is 1. The summed E-state index contributed by atoms with van der Waals surface area (Å²) in [4.78, 5) is 2.17. The van der Waals surface area contributed by atoms with Crippen LogP contribution in [0.25, 0.3) is 0 Å². The third-order valence-electron chi connectivity index (χ3n) is 2.14. The fraction of sp³-hybridized carbons (Fsp3) is 0.900. The molecule has 0 saturated heterocycles. The third-order valence-corrected chi connectivity index (χ3v) is 2.14. The van der Waals surface area contributed by atoms with Crippen molar-refractivity contribution in [1.82, 2.24) is 4.90 Å². The zero-order valence-electron chi connectivity index (χ0n) is 9.75. The molecule has 0 saturated carbocycles. The summed E-state index contributed by atoms with van der Waals surface area (Å²) in [7, 11) is 0. The van der Waals surface area contributed by atoms with Crippen molar-refractivity contribution >= 4 is 5.84 Å². The molecule has 0 aliphatic heterocycles. The number of oxime groups is 1. The van der Waals surface area contributed by atoms with Gasteiger partial charge in [0.1, 0.15) is 0 Å². The van der Waals surface area contributed by atoms with Crippen molar-refractivity contribution in [3.63, 3.8) is 0 Å². The number of nitrogens with zero attached hydrogens (tertiary/aromatic N) is 2. The topological polar surface area (TPSA) is 61.8 Å². The lowest BCUT2D eigenvalue weighted by molar-refractivity contribution is 0.254. The smallest absolute Gasteiger partial charge is 0.153 e.